The second-order valence-corrected chi connectivity index (χ2v) is 6.53. The Morgan fingerprint density at radius 2 is 1.88 bits per heavy atom. The van der Waals surface area contributed by atoms with E-state index < -0.39 is 29.7 Å². The highest BCUT2D eigenvalue weighted by Gasteiger charge is 2.38. The van der Waals surface area contributed by atoms with Gasteiger partial charge in [-0.2, -0.15) is 13.2 Å². The van der Waals surface area contributed by atoms with Gasteiger partial charge in [0.25, 0.3) is 5.91 Å². The molecular formula is C20H12F4N6O3. The Kier molecular flexibility index (Phi) is 5.45. The quantitative estimate of drug-likeness (QED) is 0.367. The van der Waals surface area contributed by atoms with Crippen LogP contribution in [0.2, 0.25) is 0 Å². The van der Waals surface area contributed by atoms with E-state index in [0.717, 1.165) is 42.4 Å². The third kappa shape index (κ3) is 4.20. The number of methoxy groups -OCH3 is 1. The number of carbonyl (C=O) groups is 2. The van der Waals surface area contributed by atoms with E-state index in [1.54, 1.807) is 0 Å². The van der Waals surface area contributed by atoms with E-state index in [4.69, 9.17) is 0 Å². The van der Waals surface area contributed by atoms with Crippen molar-refractivity contribution >= 4 is 28.7 Å². The molecule has 0 aliphatic carbocycles. The molecule has 0 aliphatic heterocycles. The maximum Gasteiger partial charge on any atom is 0.450 e. The van der Waals surface area contributed by atoms with Gasteiger partial charge in [0.15, 0.2) is 17.5 Å². The number of nitrogens with zero attached hydrogens (tertiary/aromatic N) is 5. The number of ether oxygens (including phenoxy) is 1. The maximum absolute atomic E-state index is 13.7. The van der Waals surface area contributed by atoms with Crippen molar-refractivity contribution in [2.45, 2.75) is 6.18 Å². The van der Waals surface area contributed by atoms with Gasteiger partial charge in [0.05, 0.1) is 47.9 Å². The molecule has 4 rings (SSSR count). The first kappa shape index (κ1) is 21.8. The summed E-state index contributed by atoms with van der Waals surface area (Å²) in [7, 11) is 1.14. The van der Waals surface area contributed by atoms with Crippen molar-refractivity contribution in [2.24, 2.45) is 0 Å². The third-order valence-electron chi connectivity index (χ3n) is 4.46. The van der Waals surface area contributed by atoms with Gasteiger partial charge in [0, 0.05) is 6.20 Å². The Balaban J connectivity index is 1.71. The number of nitrogens with one attached hydrogen (secondary N) is 1. The molecule has 33 heavy (non-hydrogen) atoms. The van der Waals surface area contributed by atoms with Crippen molar-refractivity contribution in [1.82, 2.24) is 24.5 Å². The van der Waals surface area contributed by atoms with Gasteiger partial charge < -0.3 is 10.1 Å². The number of hydrogen-bond acceptors (Lipinski definition) is 7. The molecule has 0 spiro atoms. The SMILES string of the molecule is COC(=O)c1ccc2c(c1)nc(C(F)(F)F)n2-c1cnc(NC(=O)c2ccncc2F)cn1. The normalized spacial score (nSPS) is 11.4. The van der Waals surface area contributed by atoms with Crippen molar-refractivity contribution in [2.75, 3.05) is 12.4 Å². The molecule has 9 nitrogen and oxygen atoms in total. The molecule has 0 saturated carbocycles. The summed E-state index contributed by atoms with van der Waals surface area (Å²) >= 11 is 0. The molecule has 0 bridgehead atoms. The molecule has 3 heterocycles. The summed E-state index contributed by atoms with van der Waals surface area (Å²) in [5.41, 5.74) is -0.370. The van der Waals surface area contributed by atoms with Crippen molar-refractivity contribution in [3.63, 3.8) is 0 Å². The van der Waals surface area contributed by atoms with Crippen LogP contribution in [-0.2, 0) is 10.9 Å². The smallest absolute Gasteiger partial charge is 0.450 e. The second kappa shape index (κ2) is 8.26. The van der Waals surface area contributed by atoms with Crippen LogP contribution in [0.25, 0.3) is 16.9 Å². The fourth-order valence-corrected chi connectivity index (χ4v) is 2.99. The van der Waals surface area contributed by atoms with Crippen LogP contribution >= 0.6 is 0 Å². The number of aromatic nitrogens is 5. The fourth-order valence-electron chi connectivity index (χ4n) is 2.99. The van der Waals surface area contributed by atoms with E-state index in [9.17, 15) is 27.2 Å². The first-order chi connectivity index (χ1) is 15.7. The number of hydrogen-bond donors (Lipinski definition) is 1. The molecule has 168 valence electrons. The predicted molar refractivity (Wildman–Crippen MR) is 105 cm³/mol. The van der Waals surface area contributed by atoms with E-state index in [2.05, 4.69) is 30.0 Å². The van der Waals surface area contributed by atoms with E-state index in [1.807, 2.05) is 0 Å². The maximum atomic E-state index is 13.7. The van der Waals surface area contributed by atoms with Crippen LogP contribution in [-0.4, -0.2) is 43.5 Å². The minimum absolute atomic E-state index is 0.0138. The van der Waals surface area contributed by atoms with Gasteiger partial charge >= 0.3 is 12.1 Å². The average Bonchev–Trinajstić information content (AvgIpc) is 3.18. The van der Waals surface area contributed by atoms with Gasteiger partial charge in [-0.1, -0.05) is 0 Å². The van der Waals surface area contributed by atoms with Crippen LogP contribution in [0.3, 0.4) is 0 Å². The summed E-state index contributed by atoms with van der Waals surface area (Å²) in [6.45, 7) is 0. The molecule has 0 saturated heterocycles. The lowest BCUT2D eigenvalue weighted by molar-refractivity contribution is -0.145. The van der Waals surface area contributed by atoms with Crippen molar-refractivity contribution in [3.05, 3.63) is 71.8 Å². The Bertz CT molecular complexity index is 1370. The fraction of sp³-hybridized carbons (Fsp3) is 0.100. The zero-order valence-electron chi connectivity index (χ0n) is 16.6. The molecule has 4 aromatic rings. The Morgan fingerprint density at radius 3 is 2.52 bits per heavy atom. The van der Waals surface area contributed by atoms with E-state index in [0.29, 0.717) is 0 Å². The molecule has 1 amide bonds. The van der Waals surface area contributed by atoms with E-state index in [1.165, 1.54) is 18.3 Å². The number of benzene rings is 1. The van der Waals surface area contributed by atoms with Gasteiger partial charge in [0.1, 0.15) is 0 Å². The largest absolute Gasteiger partial charge is 0.465 e. The Hall–Kier alpha value is -4.42. The van der Waals surface area contributed by atoms with Crippen LogP contribution in [0.15, 0.2) is 49.1 Å². The third-order valence-corrected chi connectivity index (χ3v) is 4.46. The zero-order chi connectivity index (χ0) is 23.8. The highest BCUT2D eigenvalue weighted by molar-refractivity contribution is 6.03. The number of alkyl halides is 3. The number of amides is 1. The lowest BCUT2D eigenvalue weighted by Gasteiger charge is -2.11. The molecule has 0 fully saturated rings. The van der Waals surface area contributed by atoms with E-state index >= 15 is 0 Å². The predicted octanol–water partition coefficient (Wildman–Crippen LogP) is 3.41. The van der Waals surface area contributed by atoms with Gasteiger partial charge in [-0.15, -0.1) is 0 Å². The summed E-state index contributed by atoms with van der Waals surface area (Å²) < 4.78 is 60.0. The van der Waals surface area contributed by atoms with Crippen LogP contribution < -0.4 is 5.32 Å². The van der Waals surface area contributed by atoms with Crippen LogP contribution in [0.5, 0.6) is 0 Å². The monoisotopic (exact) mass is 460 g/mol. The van der Waals surface area contributed by atoms with Gasteiger partial charge in [-0.05, 0) is 24.3 Å². The highest BCUT2D eigenvalue weighted by atomic mass is 19.4. The minimum Gasteiger partial charge on any atom is -0.465 e. The van der Waals surface area contributed by atoms with Gasteiger partial charge in [-0.3, -0.25) is 14.3 Å². The lowest BCUT2D eigenvalue weighted by Crippen LogP contribution is -2.17. The summed E-state index contributed by atoms with van der Waals surface area (Å²) in [6, 6.07) is 4.88. The highest BCUT2D eigenvalue weighted by Crippen LogP contribution is 2.33. The lowest BCUT2D eigenvalue weighted by atomic mass is 10.2. The molecule has 1 aromatic carbocycles. The second-order valence-electron chi connectivity index (χ2n) is 6.53. The van der Waals surface area contributed by atoms with E-state index in [-0.39, 0.29) is 33.8 Å². The summed E-state index contributed by atoms with van der Waals surface area (Å²) in [6.07, 6.45) is -0.762. The number of rotatable bonds is 4. The van der Waals surface area contributed by atoms with Crippen LogP contribution in [0.4, 0.5) is 23.4 Å². The Morgan fingerprint density at radius 1 is 1.09 bits per heavy atom. The van der Waals surface area contributed by atoms with Crippen molar-refractivity contribution in [1.29, 1.82) is 0 Å². The molecule has 0 unspecified atom stereocenters. The first-order valence-corrected chi connectivity index (χ1v) is 9.10. The molecule has 0 radical (unpaired) electrons. The molecule has 13 heteroatoms. The average molecular weight is 460 g/mol. The summed E-state index contributed by atoms with van der Waals surface area (Å²) in [5.74, 6) is -4.08. The number of pyridine rings is 1. The zero-order valence-corrected chi connectivity index (χ0v) is 16.6. The first-order valence-electron chi connectivity index (χ1n) is 9.10. The van der Waals surface area contributed by atoms with Crippen molar-refractivity contribution in [3.8, 4) is 5.82 Å². The molecule has 0 aliphatic rings. The number of carbonyl (C=O) groups excluding carboxylic acids is 2. The molecular weight excluding hydrogens is 448 g/mol. The van der Waals surface area contributed by atoms with Gasteiger partial charge in [-0.25, -0.2) is 24.1 Å². The number of imidazole rings is 1. The standard InChI is InChI=1S/C20H12F4N6O3/c1-33-18(32)10-2-3-14-13(6-10)28-19(20(22,23)24)30(14)16-9-26-15(8-27-16)29-17(31)11-4-5-25-7-12(11)21/h2-9H,1H3,(H,26,29,31). The van der Waals surface area contributed by atoms with Gasteiger partial charge in [0.2, 0.25) is 5.82 Å². The Labute approximate surface area is 182 Å². The number of fused-ring (bicyclic) bond motifs is 1. The number of esters is 1. The molecule has 3 aromatic heterocycles. The summed E-state index contributed by atoms with van der Waals surface area (Å²) in [4.78, 5) is 38.8. The van der Waals surface area contributed by atoms with Crippen LogP contribution in [0.1, 0.15) is 26.5 Å². The minimum atomic E-state index is -4.85. The topological polar surface area (TPSA) is 112 Å². The molecule has 0 atom stereocenters. The number of halogens is 4. The van der Waals surface area contributed by atoms with Crippen LogP contribution in [0, 0.1) is 5.82 Å². The molecule has 1 N–H and O–H groups in total. The number of anilines is 1. The van der Waals surface area contributed by atoms with Crippen molar-refractivity contribution < 1.29 is 31.9 Å². The summed E-state index contributed by atoms with van der Waals surface area (Å²) in [5, 5.41) is 2.30.